The highest BCUT2D eigenvalue weighted by Crippen LogP contribution is 2.27. The van der Waals surface area contributed by atoms with Gasteiger partial charge in [0.05, 0.1) is 11.3 Å². The Morgan fingerprint density at radius 2 is 1.72 bits per heavy atom. The number of hydrogen-bond acceptors (Lipinski definition) is 3. The average Bonchev–Trinajstić information content (AvgIpc) is 2.46. The summed E-state index contributed by atoms with van der Waals surface area (Å²) in [7, 11) is 3.86. The Labute approximate surface area is 107 Å². The van der Waals surface area contributed by atoms with Crippen molar-refractivity contribution in [2.24, 2.45) is 0 Å². The van der Waals surface area contributed by atoms with Crippen LogP contribution in [0.2, 0.25) is 0 Å². The average molecular weight is 237 g/mol. The topological polar surface area (TPSA) is 39.1 Å². The van der Waals surface area contributed by atoms with Crippen LogP contribution in [0.1, 0.15) is 5.56 Å². The van der Waals surface area contributed by atoms with E-state index < -0.39 is 0 Å². The normalized spacial score (nSPS) is 9.61. The van der Waals surface area contributed by atoms with E-state index in [1.807, 2.05) is 67.5 Å². The Hall–Kier alpha value is -2.47. The van der Waals surface area contributed by atoms with E-state index in [4.69, 9.17) is 5.26 Å². The van der Waals surface area contributed by atoms with Crippen molar-refractivity contribution >= 4 is 17.1 Å². The van der Waals surface area contributed by atoms with Crippen molar-refractivity contribution < 1.29 is 0 Å². The molecule has 0 aliphatic carbocycles. The number of rotatable bonds is 3. The van der Waals surface area contributed by atoms with Crippen molar-refractivity contribution in [3.63, 3.8) is 0 Å². The fraction of sp³-hybridized carbons (Fsp3) is 0.133. The molecule has 90 valence electrons. The van der Waals surface area contributed by atoms with Crippen LogP contribution in [0.15, 0.2) is 48.5 Å². The zero-order chi connectivity index (χ0) is 13.0. The number of nitriles is 1. The molecule has 3 nitrogen and oxygen atoms in total. The molecule has 0 spiro atoms. The van der Waals surface area contributed by atoms with Gasteiger partial charge >= 0.3 is 0 Å². The molecule has 0 heterocycles. The van der Waals surface area contributed by atoms with Crippen molar-refractivity contribution in [2.45, 2.75) is 0 Å². The number of anilines is 3. The number of hydrogen-bond donors (Lipinski definition) is 1. The molecule has 0 saturated heterocycles. The quantitative estimate of drug-likeness (QED) is 0.889. The van der Waals surface area contributed by atoms with Crippen molar-refractivity contribution in [3.8, 4) is 6.07 Å². The second-order valence-corrected chi connectivity index (χ2v) is 3.98. The second-order valence-electron chi connectivity index (χ2n) is 3.98. The summed E-state index contributed by atoms with van der Waals surface area (Å²) in [5.41, 5.74) is 3.72. The first-order chi connectivity index (χ1) is 8.76. The maximum atomic E-state index is 9.11. The smallest absolute Gasteiger partial charge is 0.101 e. The number of nitrogens with zero attached hydrogens (tertiary/aromatic N) is 2. The first-order valence-corrected chi connectivity index (χ1v) is 5.77. The fourth-order valence-electron chi connectivity index (χ4n) is 1.85. The van der Waals surface area contributed by atoms with Gasteiger partial charge in [-0.2, -0.15) is 5.26 Å². The van der Waals surface area contributed by atoms with Gasteiger partial charge in [-0.15, -0.1) is 0 Å². The van der Waals surface area contributed by atoms with Gasteiger partial charge in [-0.1, -0.05) is 12.1 Å². The van der Waals surface area contributed by atoms with Gasteiger partial charge in [0, 0.05) is 25.5 Å². The van der Waals surface area contributed by atoms with Crippen LogP contribution in [-0.4, -0.2) is 14.1 Å². The van der Waals surface area contributed by atoms with Crippen LogP contribution in [0, 0.1) is 11.3 Å². The lowest BCUT2D eigenvalue weighted by Gasteiger charge is -2.20. The molecule has 2 aromatic rings. The van der Waals surface area contributed by atoms with E-state index in [0.29, 0.717) is 5.56 Å². The molecule has 0 aromatic heterocycles. The van der Waals surface area contributed by atoms with Gasteiger partial charge < -0.3 is 10.2 Å². The zero-order valence-electron chi connectivity index (χ0n) is 10.5. The molecular weight excluding hydrogens is 222 g/mol. The molecule has 2 aromatic carbocycles. The summed E-state index contributed by atoms with van der Waals surface area (Å²) in [4.78, 5) is 2.01. The van der Waals surface area contributed by atoms with Gasteiger partial charge in [0.1, 0.15) is 6.07 Å². The lowest BCUT2D eigenvalue weighted by atomic mass is 10.1. The molecule has 1 N–H and O–H groups in total. The molecule has 0 aliphatic rings. The highest BCUT2D eigenvalue weighted by atomic mass is 15.1. The van der Waals surface area contributed by atoms with E-state index in [1.165, 1.54) is 0 Å². The van der Waals surface area contributed by atoms with E-state index in [9.17, 15) is 0 Å². The summed E-state index contributed by atoms with van der Waals surface area (Å²) in [6.45, 7) is 0. The number of benzene rings is 2. The fourth-order valence-corrected chi connectivity index (χ4v) is 1.85. The third kappa shape index (κ3) is 2.28. The van der Waals surface area contributed by atoms with Gasteiger partial charge in [-0.3, -0.25) is 0 Å². The van der Waals surface area contributed by atoms with Crippen LogP contribution in [0.25, 0.3) is 0 Å². The summed E-state index contributed by atoms with van der Waals surface area (Å²) < 4.78 is 0. The molecule has 0 saturated carbocycles. The van der Waals surface area contributed by atoms with Crippen molar-refractivity contribution in [1.29, 1.82) is 5.26 Å². The van der Waals surface area contributed by atoms with Gasteiger partial charge in [-0.25, -0.2) is 0 Å². The minimum absolute atomic E-state index is 0.678. The molecule has 0 bridgehead atoms. The van der Waals surface area contributed by atoms with Crippen molar-refractivity contribution in [3.05, 3.63) is 54.1 Å². The van der Waals surface area contributed by atoms with Crippen LogP contribution in [0.3, 0.4) is 0 Å². The van der Waals surface area contributed by atoms with E-state index in [-0.39, 0.29) is 0 Å². The van der Waals surface area contributed by atoms with E-state index in [0.717, 1.165) is 17.1 Å². The summed E-state index contributed by atoms with van der Waals surface area (Å²) in [6.07, 6.45) is 0. The van der Waals surface area contributed by atoms with Gasteiger partial charge in [-0.05, 0) is 36.4 Å². The predicted molar refractivity (Wildman–Crippen MR) is 75.2 cm³/mol. The van der Waals surface area contributed by atoms with Crippen LogP contribution in [0.5, 0.6) is 0 Å². The summed E-state index contributed by atoms with van der Waals surface area (Å²) in [5, 5.41) is 12.2. The Morgan fingerprint density at radius 1 is 1.06 bits per heavy atom. The first-order valence-electron chi connectivity index (χ1n) is 5.77. The van der Waals surface area contributed by atoms with Crippen LogP contribution >= 0.6 is 0 Å². The Bertz CT molecular complexity index is 567. The molecule has 0 radical (unpaired) electrons. The SMILES string of the molecule is CNc1ccc(N(C)c2ccccc2C#N)cc1. The summed E-state index contributed by atoms with van der Waals surface area (Å²) >= 11 is 0. The summed E-state index contributed by atoms with van der Waals surface area (Å²) in [6, 6.07) is 17.9. The first kappa shape index (κ1) is 12.0. The van der Waals surface area contributed by atoms with Crippen LogP contribution in [-0.2, 0) is 0 Å². The third-order valence-electron chi connectivity index (χ3n) is 2.93. The van der Waals surface area contributed by atoms with Gasteiger partial charge in [0.15, 0.2) is 0 Å². The molecular formula is C15H15N3. The second kappa shape index (κ2) is 5.24. The minimum atomic E-state index is 0.678. The van der Waals surface area contributed by atoms with Gasteiger partial charge in [0.2, 0.25) is 0 Å². The van der Waals surface area contributed by atoms with Crippen LogP contribution < -0.4 is 10.2 Å². The van der Waals surface area contributed by atoms with Crippen molar-refractivity contribution in [2.75, 3.05) is 24.3 Å². The predicted octanol–water partition coefficient (Wildman–Crippen LogP) is 3.37. The molecule has 0 amide bonds. The molecule has 0 fully saturated rings. The van der Waals surface area contributed by atoms with E-state index >= 15 is 0 Å². The standard InChI is InChI=1S/C15H15N3/c1-17-13-7-9-14(10-8-13)18(2)15-6-4-3-5-12(15)11-16/h3-10,17H,1-2H3. The maximum absolute atomic E-state index is 9.11. The minimum Gasteiger partial charge on any atom is -0.388 e. The van der Waals surface area contributed by atoms with Crippen molar-refractivity contribution in [1.82, 2.24) is 0 Å². The molecule has 0 unspecified atom stereocenters. The van der Waals surface area contributed by atoms with E-state index in [2.05, 4.69) is 11.4 Å². The zero-order valence-corrected chi connectivity index (χ0v) is 10.5. The largest absolute Gasteiger partial charge is 0.388 e. The molecule has 18 heavy (non-hydrogen) atoms. The number of nitrogens with one attached hydrogen (secondary N) is 1. The Morgan fingerprint density at radius 3 is 2.33 bits per heavy atom. The van der Waals surface area contributed by atoms with Crippen LogP contribution in [0.4, 0.5) is 17.1 Å². The van der Waals surface area contributed by atoms with E-state index in [1.54, 1.807) is 0 Å². The monoisotopic (exact) mass is 237 g/mol. The van der Waals surface area contributed by atoms with Gasteiger partial charge in [0.25, 0.3) is 0 Å². The molecule has 3 heteroatoms. The highest BCUT2D eigenvalue weighted by molar-refractivity contribution is 5.69. The summed E-state index contributed by atoms with van der Waals surface area (Å²) in [5.74, 6) is 0. The molecule has 0 aliphatic heterocycles. The lowest BCUT2D eigenvalue weighted by molar-refractivity contribution is 1.20. The number of para-hydroxylation sites is 1. The Balaban J connectivity index is 2.35. The maximum Gasteiger partial charge on any atom is 0.101 e. The third-order valence-corrected chi connectivity index (χ3v) is 2.93. The molecule has 2 rings (SSSR count). The highest BCUT2D eigenvalue weighted by Gasteiger charge is 2.08. The molecule has 0 atom stereocenters. The Kier molecular flexibility index (Phi) is 3.49. The lowest BCUT2D eigenvalue weighted by Crippen LogP contribution is -2.10.